The summed E-state index contributed by atoms with van der Waals surface area (Å²) in [4.78, 5) is 34.3. The fraction of sp³-hybridized carbons (Fsp3) is 0.481. The minimum atomic E-state index is -4.46. The van der Waals surface area contributed by atoms with Crippen LogP contribution in [0.1, 0.15) is 37.1 Å². The number of urea groups is 1. The van der Waals surface area contributed by atoms with Gasteiger partial charge in [0.25, 0.3) is 0 Å². The number of hydrogen-bond acceptors (Lipinski definition) is 7. The van der Waals surface area contributed by atoms with Gasteiger partial charge in [-0.1, -0.05) is 19.1 Å². The lowest BCUT2D eigenvalue weighted by Crippen LogP contribution is -2.48. The largest absolute Gasteiger partial charge is 0.446 e. The number of imidazole rings is 1. The van der Waals surface area contributed by atoms with Crippen molar-refractivity contribution in [3.8, 4) is 11.4 Å². The number of halogens is 3. The first-order chi connectivity index (χ1) is 19.7. The summed E-state index contributed by atoms with van der Waals surface area (Å²) in [5, 5.41) is 4.30. The fourth-order valence-electron chi connectivity index (χ4n) is 4.53. The van der Waals surface area contributed by atoms with Gasteiger partial charge in [0.1, 0.15) is 6.61 Å². The first-order valence-corrected chi connectivity index (χ1v) is 13.3. The number of fused-ring (bicyclic) bond motifs is 1. The molecule has 0 saturated heterocycles. The lowest BCUT2D eigenvalue weighted by atomic mass is 10.1. The van der Waals surface area contributed by atoms with E-state index in [2.05, 4.69) is 10.1 Å². The van der Waals surface area contributed by atoms with Gasteiger partial charge >= 0.3 is 18.3 Å². The Labute approximate surface area is 235 Å². The van der Waals surface area contributed by atoms with Crippen LogP contribution in [0.2, 0.25) is 0 Å². The minimum Gasteiger partial charge on any atom is -0.446 e. The standard InChI is InChI=1S/C27H33F3N6O5/c1-4-9-33-18-22-24(35(5-2)25(33)37)32-23(36(22)26(38)41-13-12-40-11-10-39-3)20-15-31-34(17-20)16-19-7-6-8-21(14-19)27(28,29)30/h6-8,14-15,17H,4-5,9-13,16,18H2,1-3H3. The zero-order chi connectivity index (χ0) is 29.6. The van der Waals surface area contributed by atoms with E-state index >= 15 is 0 Å². The summed E-state index contributed by atoms with van der Waals surface area (Å²) in [5.41, 5.74) is 0.583. The van der Waals surface area contributed by atoms with E-state index in [9.17, 15) is 22.8 Å². The van der Waals surface area contributed by atoms with Gasteiger partial charge in [-0.05, 0) is 31.0 Å². The predicted octanol–water partition coefficient (Wildman–Crippen LogP) is 4.63. The van der Waals surface area contributed by atoms with Crippen LogP contribution in [-0.2, 0) is 33.5 Å². The summed E-state index contributed by atoms with van der Waals surface area (Å²) in [6.45, 7) is 5.73. The summed E-state index contributed by atoms with van der Waals surface area (Å²) in [6, 6.07) is 4.79. The number of nitrogens with zero attached hydrogens (tertiary/aromatic N) is 6. The molecule has 41 heavy (non-hydrogen) atoms. The first-order valence-electron chi connectivity index (χ1n) is 13.3. The monoisotopic (exact) mass is 578 g/mol. The number of carbonyl (C=O) groups excluding carboxylic acids is 2. The van der Waals surface area contributed by atoms with Crippen molar-refractivity contribution in [2.24, 2.45) is 0 Å². The number of carbonyl (C=O) groups is 2. The van der Waals surface area contributed by atoms with Crippen molar-refractivity contribution in [1.29, 1.82) is 0 Å². The van der Waals surface area contributed by atoms with Crippen molar-refractivity contribution in [1.82, 2.24) is 24.2 Å². The van der Waals surface area contributed by atoms with E-state index in [-0.39, 0.29) is 38.2 Å². The summed E-state index contributed by atoms with van der Waals surface area (Å²) >= 11 is 0. The number of hydrogen-bond donors (Lipinski definition) is 0. The molecule has 11 nitrogen and oxygen atoms in total. The molecule has 2 aromatic heterocycles. The van der Waals surface area contributed by atoms with E-state index in [0.29, 0.717) is 48.9 Å². The Morgan fingerprint density at radius 1 is 1.12 bits per heavy atom. The molecule has 1 aromatic carbocycles. The van der Waals surface area contributed by atoms with Gasteiger partial charge in [-0.2, -0.15) is 18.3 Å². The lowest BCUT2D eigenvalue weighted by Gasteiger charge is -2.34. The molecule has 14 heteroatoms. The van der Waals surface area contributed by atoms with Gasteiger partial charge in [-0.3, -0.25) is 9.58 Å². The second-order valence-corrected chi connectivity index (χ2v) is 9.33. The van der Waals surface area contributed by atoms with Crippen molar-refractivity contribution in [3.05, 3.63) is 53.5 Å². The van der Waals surface area contributed by atoms with Gasteiger partial charge < -0.3 is 19.1 Å². The van der Waals surface area contributed by atoms with Crippen LogP contribution >= 0.6 is 0 Å². The Bertz CT molecular complexity index is 1360. The Kier molecular flexibility index (Phi) is 9.65. The molecule has 222 valence electrons. The number of aromatic nitrogens is 4. The molecule has 4 rings (SSSR count). The van der Waals surface area contributed by atoms with Gasteiger partial charge in [0.05, 0.1) is 55.9 Å². The smallest absolute Gasteiger partial charge is 0.420 e. The molecular formula is C27H33F3N6O5. The van der Waals surface area contributed by atoms with Crippen LogP contribution < -0.4 is 4.90 Å². The topological polar surface area (TPSA) is 104 Å². The number of methoxy groups -OCH3 is 1. The highest BCUT2D eigenvalue weighted by molar-refractivity contribution is 5.95. The normalized spacial score (nSPS) is 13.6. The SMILES string of the molecule is CCCN1Cc2c(nc(-c3cnn(Cc4cccc(C(F)(F)F)c4)c3)n2C(=O)OCCOCCOC)N(CC)C1=O. The number of amides is 2. The van der Waals surface area contributed by atoms with Crippen LogP contribution in [0.25, 0.3) is 11.4 Å². The molecule has 0 spiro atoms. The van der Waals surface area contributed by atoms with Crippen LogP contribution in [0.5, 0.6) is 0 Å². The van der Waals surface area contributed by atoms with E-state index in [4.69, 9.17) is 14.2 Å². The average Bonchev–Trinajstić information content (AvgIpc) is 3.55. The molecule has 3 aromatic rings. The van der Waals surface area contributed by atoms with Gasteiger partial charge in [0.2, 0.25) is 0 Å². The van der Waals surface area contributed by atoms with Crippen molar-refractivity contribution >= 4 is 17.9 Å². The highest BCUT2D eigenvalue weighted by Gasteiger charge is 2.37. The Hall–Kier alpha value is -3.91. The molecule has 0 N–H and O–H groups in total. The zero-order valence-electron chi connectivity index (χ0n) is 23.2. The summed E-state index contributed by atoms with van der Waals surface area (Å²) in [6.07, 6.45) is -1.37. The quantitative estimate of drug-likeness (QED) is 0.289. The summed E-state index contributed by atoms with van der Waals surface area (Å²) in [7, 11) is 1.56. The average molecular weight is 579 g/mol. The van der Waals surface area contributed by atoms with Gasteiger partial charge in [0, 0.05) is 26.4 Å². The molecular weight excluding hydrogens is 545 g/mol. The van der Waals surface area contributed by atoms with Gasteiger partial charge in [-0.15, -0.1) is 0 Å². The Morgan fingerprint density at radius 3 is 2.61 bits per heavy atom. The maximum atomic E-state index is 13.4. The van der Waals surface area contributed by atoms with E-state index < -0.39 is 17.8 Å². The van der Waals surface area contributed by atoms with E-state index in [1.807, 2.05) is 13.8 Å². The molecule has 1 aliphatic rings. The van der Waals surface area contributed by atoms with Crippen LogP contribution in [0.3, 0.4) is 0 Å². The van der Waals surface area contributed by atoms with Crippen LogP contribution in [-0.4, -0.2) is 83.0 Å². The molecule has 0 bridgehead atoms. The van der Waals surface area contributed by atoms with E-state index in [1.54, 1.807) is 24.3 Å². The number of anilines is 1. The maximum Gasteiger partial charge on any atom is 0.420 e. The van der Waals surface area contributed by atoms with Crippen LogP contribution in [0.15, 0.2) is 36.7 Å². The summed E-state index contributed by atoms with van der Waals surface area (Å²) in [5.74, 6) is 0.555. The highest BCUT2D eigenvalue weighted by atomic mass is 19.4. The molecule has 0 aliphatic carbocycles. The molecule has 0 atom stereocenters. The van der Waals surface area contributed by atoms with Crippen LogP contribution in [0, 0.1) is 0 Å². The van der Waals surface area contributed by atoms with Crippen molar-refractivity contribution in [3.63, 3.8) is 0 Å². The molecule has 0 unspecified atom stereocenters. The molecule has 0 saturated carbocycles. The summed E-state index contributed by atoms with van der Waals surface area (Å²) < 4.78 is 58.1. The first kappa shape index (κ1) is 30.1. The molecule has 0 radical (unpaired) electrons. The Morgan fingerprint density at radius 2 is 1.90 bits per heavy atom. The molecule has 3 heterocycles. The zero-order valence-corrected chi connectivity index (χ0v) is 23.2. The predicted molar refractivity (Wildman–Crippen MR) is 143 cm³/mol. The number of alkyl halides is 3. The molecule has 0 fully saturated rings. The van der Waals surface area contributed by atoms with Gasteiger partial charge in [0.15, 0.2) is 11.6 Å². The third-order valence-electron chi connectivity index (χ3n) is 6.42. The number of benzene rings is 1. The molecule has 2 amide bonds. The fourth-order valence-corrected chi connectivity index (χ4v) is 4.53. The van der Waals surface area contributed by atoms with Crippen molar-refractivity contribution < 1.29 is 37.0 Å². The highest BCUT2D eigenvalue weighted by Crippen LogP contribution is 2.34. The van der Waals surface area contributed by atoms with Gasteiger partial charge in [-0.25, -0.2) is 19.1 Å². The minimum absolute atomic E-state index is 0.0150. The van der Waals surface area contributed by atoms with Crippen LogP contribution in [0.4, 0.5) is 28.6 Å². The number of ether oxygens (including phenoxy) is 3. The van der Waals surface area contributed by atoms with E-state index in [0.717, 1.165) is 18.6 Å². The Balaban J connectivity index is 1.66. The van der Waals surface area contributed by atoms with E-state index in [1.165, 1.54) is 26.4 Å². The van der Waals surface area contributed by atoms with Crippen molar-refractivity contribution in [2.45, 2.75) is 39.5 Å². The maximum absolute atomic E-state index is 13.4. The second kappa shape index (κ2) is 13.2. The number of rotatable bonds is 12. The third kappa shape index (κ3) is 6.88. The second-order valence-electron chi connectivity index (χ2n) is 9.33. The lowest BCUT2D eigenvalue weighted by molar-refractivity contribution is -0.137. The molecule has 1 aliphatic heterocycles. The third-order valence-corrected chi connectivity index (χ3v) is 6.42. The van der Waals surface area contributed by atoms with Crippen molar-refractivity contribution in [2.75, 3.05) is 51.5 Å².